The van der Waals surface area contributed by atoms with Crippen LogP contribution in [0.5, 0.6) is 0 Å². The van der Waals surface area contributed by atoms with Gasteiger partial charge >= 0.3 is 0 Å². The van der Waals surface area contributed by atoms with E-state index in [4.69, 9.17) is 5.73 Å². The zero-order valence-corrected chi connectivity index (χ0v) is 14.0. The Balaban J connectivity index is 2.07. The molecule has 4 heteroatoms. The Kier molecular flexibility index (Phi) is 5.59. The van der Waals surface area contributed by atoms with Crippen molar-refractivity contribution in [2.45, 2.75) is 45.2 Å². The molecule has 0 bridgehead atoms. The number of carbonyl (C=O) groups excluding carboxylic acids is 1. The normalized spacial score (nSPS) is 18.9. The smallest absolute Gasteiger partial charge is 0.239 e. The maximum atomic E-state index is 12.1. The molecule has 22 heavy (non-hydrogen) atoms. The first-order chi connectivity index (χ1) is 10.4. The van der Waals surface area contributed by atoms with Crippen molar-refractivity contribution in [2.75, 3.05) is 19.6 Å². The molecule has 4 nitrogen and oxygen atoms in total. The average molecular weight is 303 g/mol. The van der Waals surface area contributed by atoms with Crippen LogP contribution in [-0.2, 0) is 4.79 Å². The Hall–Kier alpha value is -1.39. The van der Waals surface area contributed by atoms with Gasteiger partial charge in [0.25, 0.3) is 0 Å². The molecule has 1 unspecified atom stereocenters. The second-order valence-electron chi connectivity index (χ2n) is 7.08. The molecule has 122 valence electrons. The zero-order chi connectivity index (χ0) is 16.2. The first-order valence-corrected chi connectivity index (χ1v) is 8.24. The summed E-state index contributed by atoms with van der Waals surface area (Å²) in [4.78, 5) is 14.6. The van der Waals surface area contributed by atoms with Gasteiger partial charge in [0.15, 0.2) is 0 Å². The Morgan fingerprint density at radius 3 is 2.45 bits per heavy atom. The molecular weight excluding hydrogens is 274 g/mol. The number of likely N-dealkylation sites (tertiary alicyclic amines) is 1. The van der Waals surface area contributed by atoms with E-state index in [2.05, 4.69) is 41.4 Å². The SMILES string of the molecule is CC1CCN(C(CNC(=O)C(C)(C)N)c2ccccc2)CC1. The van der Waals surface area contributed by atoms with Gasteiger partial charge < -0.3 is 11.1 Å². The molecule has 1 amide bonds. The van der Waals surface area contributed by atoms with Crippen LogP contribution in [0.3, 0.4) is 0 Å². The Morgan fingerprint density at radius 1 is 1.32 bits per heavy atom. The van der Waals surface area contributed by atoms with Crippen LogP contribution < -0.4 is 11.1 Å². The molecule has 1 saturated heterocycles. The summed E-state index contributed by atoms with van der Waals surface area (Å²) in [5.41, 5.74) is 6.30. The van der Waals surface area contributed by atoms with E-state index in [0.717, 1.165) is 19.0 Å². The number of rotatable bonds is 5. The van der Waals surface area contributed by atoms with E-state index in [-0.39, 0.29) is 11.9 Å². The molecule has 1 aromatic rings. The molecule has 1 aliphatic rings. The third kappa shape index (κ3) is 4.55. The highest BCUT2D eigenvalue weighted by atomic mass is 16.2. The lowest BCUT2D eigenvalue weighted by atomic mass is 9.95. The van der Waals surface area contributed by atoms with Crippen LogP contribution in [0.1, 0.15) is 45.2 Å². The molecule has 3 N–H and O–H groups in total. The van der Waals surface area contributed by atoms with Crippen LogP contribution in [0.2, 0.25) is 0 Å². The molecule has 0 aromatic heterocycles. The van der Waals surface area contributed by atoms with Gasteiger partial charge in [-0.3, -0.25) is 9.69 Å². The van der Waals surface area contributed by atoms with Crippen LogP contribution in [0, 0.1) is 5.92 Å². The predicted molar refractivity (Wildman–Crippen MR) is 90.4 cm³/mol. The summed E-state index contributed by atoms with van der Waals surface area (Å²) < 4.78 is 0. The predicted octanol–water partition coefficient (Wildman–Crippen LogP) is 2.31. The molecule has 0 aliphatic carbocycles. The van der Waals surface area contributed by atoms with Gasteiger partial charge in [0, 0.05) is 6.54 Å². The van der Waals surface area contributed by atoms with E-state index in [9.17, 15) is 4.79 Å². The second kappa shape index (κ2) is 7.25. The van der Waals surface area contributed by atoms with Crippen molar-refractivity contribution >= 4 is 5.91 Å². The molecule has 0 saturated carbocycles. The van der Waals surface area contributed by atoms with Crippen LogP contribution >= 0.6 is 0 Å². The highest BCUT2D eigenvalue weighted by molar-refractivity contribution is 5.85. The zero-order valence-electron chi connectivity index (χ0n) is 14.0. The summed E-state index contributed by atoms with van der Waals surface area (Å²) in [6.45, 7) is 8.57. The number of nitrogens with two attached hydrogens (primary N) is 1. The van der Waals surface area contributed by atoms with Crippen molar-refractivity contribution in [1.82, 2.24) is 10.2 Å². The summed E-state index contributed by atoms with van der Waals surface area (Å²) in [5, 5.41) is 3.02. The largest absolute Gasteiger partial charge is 0.353 e. The number of hydrogen-bond acceptors (Lipinski definition) is 3. The van der Waals surface area contributed by atoms with Crippen molar-refractivity contribution in [3.8, 4) is 0 Å². The molecular formula is C18H29N3O. The van der Waals surface area contributed by atoms with Crippen LogP contribution in [0.4, 0.5) is 0 Å². The Morgan fingerprint density at radius 2 is 1.91 bits per heavy atom. The minimum atomic E-state index is -0.836. The van der Waals surface area contributed by atoms with Crippen LogP contribution in [-0.4, -0.2) is 36.0 Å². The topological polar surface area (TPSA) is 58.4 Å². The third-order valence-corrected chi connectivity index (χ3v) is 4.48. The van der Waals surface area contributed by atoms with Crippen molar-refractivity contribution in [3.05, 3.63) is 35.9 Å². The first-order valence-electron chi connectivity index (χ1n) is 8.24. The maximum absolute atomic E-state index is 12.1. The van der Waals surface area contributed by atoms with E-state index in [1.165, 1.54) is 18.4 Å². The van der Waals surface area contributed by atoms with Gasteiger partial charge in [-0.1, -0.05) is 37.3 Å². The minimum absolute atomic E-state index is 0.0983. The molecule has 1 fully saturated rings. The highest BCUT2D eigenvalue weighted by Gasteiger charge is 2.27. The van der Waals surface area contributed by atoms with E-state index in [0.29, 0.717) is 6.54 Å². The molecule has 2 rings (SSSR count). The second-order valence-corrected chi connectivity index (χ2v) is 7.08. The van der Waals surface area contributed by atoms with E-state index >= 15 is 0 Å². The van der Waals surface area contributed by atoms with Crippen LogP contribution in [0.25, 0.3) is 0 Å². The molecule has 1 atom stereocenters. The summed E-state index contributed by atoms with van der Waals surface area (Å²) >= 11 is 0. The number of carbonyl (C=O) groups is 1. The van der Waals surface area contributed by atoms with E-state index < -0.39 is 5.54 Å². The molecule has 0 spiro atoms. The van der Waals surface area contributed by atoms with Gasteiger partial charge in [-0.25, -0.2) is 0 Å². The van der Waals surface area contributed by atoms with Crippen molar-refractivity contribution in [1.29, 1.82) is 0 Å². The fourth-order valence-electron chi connectivity index (χ4n) is 2.89. The fourth-order valence-corrected chi connectivity index (χ4v) is 2.89. The molecule has 0 radical (unpaired) electrons. The van der Waals surface area contributed by atoms with Gasteiger partial charge in [0.2, 0.25) is 5.91 Å². The van der Waals surface area contributed by atoms with Gasteiger partial charge in [-0.05, 0) is 51.3 Å². The number of benzene rings is 1. The lowest BCUT2D eigenvalue weighted by molar-refractivity contribution is -0.125. The van der Waals surface area contributed by atoms with Crippen LogP contribution in [0.15, 0.2) is 30.3 Å². The maximum Gasteiger partial charge on any atom is 0.239 e. The quantitative estimate of drug-likeness (QED) is 0.877. The fraction of sp³-hybridized carbons (Fsp3) is 0.611. The van der Waals surface area contributed by atoms with Crippen molar-refractivity contribution in [2.24, 2.45) is 11.7 Å². The van der Waals surface area contributed by atoms with Crippen molar-refractivity contribution < 1.29 is 4.79 Å². The lowest BCUT2D eigenvalue weighted by Gasteiger charge is -2.37. The molecule has 1 heterocycles. The molecule has 1 aromatic carbocycles. The van der Waals surface area contributed by atoms with Gasteiger partial charge in [-0.15, -0.1) is 0 Å². The number of nitrogens with one attached hydrogen (secondary N) is 1. The number of amides is 1. The summed E-state index contributed by atoms with van der Waals surface area (Å²) in [7, 11) is 0. The Bertz CT molecular complexity index is 473. The number of piperidine rings is 1. The monoisotopic (exact) mass is 303 g/mol. The Labute approximate surface area is 134 Å². The summed E-state index contributed by atoms with van der Waals surface area (Å²) in [6, 6.07) is 10.7. The standard InChI is InChI=1S/C18H29N3O/c1-14-9-11-21(12-10-14)16(15-7-5-4-6-8-15)13-20-17(22)18(2,3)19/h4-8,14,16H,9-13,19H2,1-3H3,(H,20,22). The number of hydrogen-bond donors (Lipinski definition) is 2. The summed E-state index contributed by atoms with van der Waals surface area (Å²) in [6.07, 6.45) is 2.44. The van der Waals surface area contributed by atoms with E-state index in [1.54, 1.807) is 13.8 Å². The van der Waals surface area contributed by atoms with Gasteiger partial charge in [0.1, 0.15) is 0 Å². The van der Waals surface area contributed by atoms with Crippen molar-refractivity contribution in [3.63, 3.8) is 0 Å². The minimum Gasteiger partial charge on any atom is -0.353 e. The molecule has 1 aliphatic heterocycles. The van der Waals surface area contributed by atoms with E-state index in [1.807, 2.05) is 6.07 Å². The third-order valence-electron chi connectivity index (χ3n) is 4.48. The highest BCUT2D eigenvalue weighted by Crippen LogP contribution is 2.26. The lowest BCUT2D eigenvalue weighted by Crippen LogP contribution is -2.51. The van der Waals surface area contributed by atoms with Gasteiger partial charge in [-0.2, -0.15) is 0 Å². The number of nitrogens with zero attached hydrogens (tertiary/aromatic N) is 1. The summed E-state index contributed by atoms with van der Waals surface area (Å²) in [5.74, 6) is 0.698. The first kappa shape index (κ1) is 17.0. The van der Waals surface area contributed by atoms with Gasteiger partial charge in [0.05, 0.1) is 11.6 Å². The average Bonchev–Trinajstić information content (AvgIpc) is 2.49.